The molecule has 100 valence electrons. The molecule has 0 bridgehead atoms. The summed E-state index contributed by atoms with van der Waals surface area (Å²) in [4.78, 5) is 12.8. The molecular formula is C13H20N2O2S. The molecule has 0 aliphatic heterocycles. The monoisotopic (exact) mass is 268 g/mol. The van der Waals surface area contributed by atoms with Crippen molar-refractivity contribution < 1.29 is 9.53 Å². The second-order valence-electron chi connectivity index (χ2n) is 4.12. The molecule has 0 saturated carbocycles. The molecule has 0 aromatic carbocycles. The first kappa shape index (κ1) is 14.7. The summed E-state index contributed by atoms with van der Waals surface area (Å²) in [6, 6.07) is 0. The first-order valence-corrected chi connectivity index (χ1v) is 6.82. The van der Waals surface area contributed by atoms with Crippen LogP contribution in [-0.4, -0.2) is 16.6 Å². The summed E-state index contributed by atoms with van der Waals surface area (Å²) in [6.07, 6.45) is 2.14. The van der Waals surface area contributed by atoms with Gasteiger partial charge in [-0.15, -0.1) is 0 Å². The molecule has 0 aliphatic carbocycles. The van der Waals surface area contributed by atoms with Crippen LogP contribution in [0.2, 0.25) is 0 Å². The van der Waals surface area contributed by atoms with E-state index in [4.69, 9.17) is 4.74 Å². The minimum absolute atomic E-state index is 0.216. The van der Waals surface area contributed by atoms with Crippen LogP contribution in [0.15, 0.2) is 11.6 Å². The predicted octanol–water partition coefficient (Wildman–Crippen LogP) is 3.92. The van der Waals surface area contributed by atoms with Crippen LogP contribution in [-0.2, 0) is 11.2 Å². The van der Waals surface area contributed by atoms with Crippen LogP contribution in [0.3, 0.4) is 0 Å². The summed E-state index contributed by atoms with van der Waals surface area (Å²) < 4.78 is 9.52. The van der Waals surface area contributed by atoms with Crippen LogP contribution in [0.1, 0.15) is 38.3 Å². The number of nitrogens with zero attached hydrogens (tertiary/aromatic N) is 1. The fourth-order valence-corrected chi connectivity index (χ4v) is 2.20. The molecule has 1 aromatic heterocycles. The summed E-state index contributed by atoms with van der Waals surface area (Å²) in [5, 5.41) is 2.78. The zero-order chi connectivity index (χ0) is 13.7. The molecule has 1 N–H and O–H groups in total. The highest BCUT2D eigenvalue weighted by molar-refractivity contribution is 7.06. The molecule has 1 atom stereocenters. The van der Waals surface area contributed by atoms with Gasteiger partial charge in [-0.3, -0.25) is 5.32 Å². The van der Waals surface area contributed by atoms with E-state index in [-0.39, 0.29) is 6.10 Å². The lowest BCUT2D eigenvalue weighted by atomic mass is 10.2. The Balaban J connectivity index is 2.68. The van der Waals surface area contributed by atoms with Crippen LogP contribution >= 0.6 is 11.5 Å². The molecule has 18 heavy (non-hydrogen) atoms. The Morgan fingerprint density at radius 2 is 2.28 bits per heavy atom. The van der Waals surface area contributed by atoms with Crippen molar-refractivity contribution in [1.82, 2.24) is 4.37 Å². The Bertz CT molecular complexity index is 452. The average molecular weight is 268 g/mol. The van der Waals surface area contributed by atoms with Crippen molar-refractivity contribution in [3.8, 4) is 0 Å². The Morgan fingerprint density at radius 1 is 1.61 bits per heavy atom. The normalized spacial score (nSPS) is 13.3. The van der Waals surface area contributed by atoms with Crippen LogP contribution in [0.4, 0.5) is 10.5 Å². The smallest absolute Gasteiger partial charge is 0.412 e. The maximum atomic E-state index is 11.8. The predicted molar refractivity (Wildman–Crippen MR) is 75.2 cm³/mol. The van der Waals surface area contributed by atoms with E-state index in [0.29, 0.717) is 0 Å². The zero-order valence-corrected chi connectivity index (χ0v) is 12.4. The number of anilines is 1. The van der Waals surface area contributed by atoms with Crippen molar-refractivity contribution in [3.05, 3.63) is 22.2 Å². The van der Waals surface area contributed by atoms with E-state index in [1.165, 1.54) is 11.5 Å². The quantitative estimate of drug-likeness (QED) is 0.842. The molecule has 1 amide bonds. The maximum Gasteiger partial charge on any atom is 0.412 e. The molecular weight excluding hydrogens is 248 g/mol. The second kappa shape index (κ2) is 6.54. The van der Waals surface area contributed by atoms with Crippen LogP contribution in [0, 0.1) is 6.92 Å². The van der Waals surface area contributed by atoms with Crippen molar-refractivity contribution >= 4 is 23.3 Å². The number of carbonyl (C=O) groups is 1. The molecule has 0 fully saturated rings. The number of aryl methyl sites for hydroxylation is 2. The minimum Gasteiger partial charge on any atom is -0.442 e. The van der Waals surface area contributed by atoms with Gasteiger partial charge in [-0.25, -0.2) is 4.79 Å². The van der Waals surface area contributed by atoms with Crippen LogP contribution in [0.25, 0.3) is 0 Å². The molecule has 1 aromatic rings. The Labute approximate surface area is 112 Å². The summed E-state index contributed by atoms with van der Waals surface area (Å²) in [7, 11) is 0. The van der Waals surface area contributed by atoms with E-state index in [1.807, 2.05) is 40.7 Å². The molecule has 0 radical (unpaired) electrons. The molecule has 5 heteroatoms. The molecule has 1 heterocycles. The summed E-state index contributed by atoms with van der Waals surface area (Å²) in [6.45, 7) is 9.64. The number of nitrogens with one attached hydrogen (secondary N) is 1. The highest BCUT2D eigenvalue weighted by atomic mass is 32.1. The van der Waals surface area contributed by atoms with Crippen LogP contribution in [0.5, 0.6) is 0 Å². The molecule has 4 nitrogen and oxygen atoms in total. The van der Waals surface area contributed by atoms with Gasteiger partial charge in [0, 0.05) is 4.88 Å². The van der Waals surface area contributed by atoms with Gasteiger partial charge in [0.1, 0.15) is 6.10 Å². The van der Waals surface area contributed by atoms with Crippen molar-refractivity contribution in [2.45, 2.75) is 47.1 Å². The van der Waals surface area contributed by atoms with Gasteiger partial charge in [0.05, 0.1) is 11.4 Å². The second-order valence-corrected chi connectivity index (χ2v) is 4.98. The Hall–Kier alpha value is -1.36. The number of hydrogen-bond acceptors (Lipinski definition) is 4. The van der Waals surface area contributed by atoms with Gasteiger partial charge in [-0.2, -0.15) is 4.37 Å². The summed E-state index contributed by atoms with van der Waals surface area (Å²) in [5.74, 6) is 0. The maximum absolute atomic E-state index is 11.8. The number of carbonyl (C=O) groups excluding carboxylic acids is 1. The van der Waals surface area contributed by atoms with E-state index in [9.17, 15) is 4.79 Å². The SMILES string of the molecule is CC=C(C)C(C)OC(=O)Nc1c(C)nsc1CC. The van der Waals surface area contributed by atoms with Gasteiger partial charge in [0.25, 0.3) is 0 Å². The van der Waals surface area contributed by atoms with Crippen molar-refractivity contribution in [3.63, 3.8) is 0 Å². The van der Waals surface area contributed by atoms with Crippen molar-refractivity contribution in [2.75, 3.05) is 5.32 Å². The van der Waals surface area contributed by atoms with Gasteiger partial charge in [0.15, 0.2) is 0 Å². The first-order valence-electron chi connectivity index (χ1n) is 6.05. The van der Waals surface area contributed by atoms with E-state index >= 15 is 0 Å². The van der Waals surface area contributed by atoms with E-state index in [0.717, 1.165) is 28.3 Å². The lowest BCUT2D eigenvalue weighted by Crippen LogP contribution is -2.21. The van der Waals surface area contributed by atoms with Crippen LogP contribution < -0.4 is 5.32 Å². The van der Waals surface area contributed by atoms with Gasteiger partial charge in [-0.05, 0) is 51.2 Å². The third-order valence-electron chi connectivity index (χ3n) is 2.86. The Morgan fingerprint density at radius 3 is 2.83 bits per heavy atom. The van der Waals surface area contributed by atoms with Crippen molar-refractivity contribution in [2.24, 2.45) is 0 Å². The lowest BCUT2D eigenvalue weighted by molar-refractivity contribution is 0.137. The van der Waals surface area contributed by atoms with Gasteiger partial charge >= 0.3 is 6.09 Å². The fraction of sp³-hybridized carbons (Fsp3) is 0.538. The summed E-state index contributed by atoms with van der Waals surface area (Å²) in [5.41, 5.74) is 2.66. The highest BCUT2D eigenvalue weighted by Crippen LogP contribution is 2.25. The van der Waals surface area contributed by atoms with E-state index in [1.54, 1.807) is 0 Å². The van der Waals surface area contributed by atoms with E-state index in [2.05, 4.69) is 9.69 Å². The van der Waals surface area contributed by atoms with Gasteiger partial charge in [0.2, 0.25) is 0 Å². The Kier molecular flexibility index (Phi) is 5.34. The summed E-state index contributed by atoms with van der Waals surface area (Å²) >= 11 is 1.42. The zero-order valence-electron chi connectivity index (χ0n) is 11.5. The average Bonchev–Trinajstić information content (AvgIpc) is 2.69. The number of amides is 1. The standard InChI is InChI=1S/C13H20N2O2S/c1-6-8(3)10(5)17-13(16)14-12-9(4)15-18-11(12)7-2/h6,10H,7H2,1-5H3,(H,14,16). The minimum atomic E-state index is -0.429. The largest absolute Gasteiger partial charge is 0.442 e. The molecule has 1 rings (SSSR count). The number of allylic oxidation sites excluding steroid dienone is 1. The number of rotatable bonds is 4. The third-order valence-corrected chi connectivity index (χ3v) is 3.94. The molecule has 0 aliphatic rings. The van der Waals surface area contributed by atoms with E-state index < -0.39 is 6.09 Å². The number of ether oxygens (including phenoxy) is 1. The number of aromatic nitrogens is 1. The third kappa shape index (κ3) is 3.57. The van der Waals surface area contributed by atoms with Gasteiger partial charge < -0.3 is 4.74 Å². The molecule has 0 saturated heterocycles. The number of hydrogen-bond donors (Lipinski definition) is 1. The highest BCUT2D eigenvalue weighted by Gasteiger charge is 2.15. The first-order chi connectivity index (χ1) is 8.49. The fourth-order valence-electron chi connectivity index (χ4n) is 1.44. The molecule has 1 unspecified atom stereocenters. The topological polar surface area (TPSA) is 51.2 Å². The van der Waals surface area contributed by atoms with Crippen molar-refractivity contribution in [1.29, 1.82) is 0 Å². The lowest BCUT2D eigenvalue weighted by Gasteiger charge is -2.14. The van der Waals surface area contributed by atoms with Gasteiger partial charge in [-0.1, -0.05) is 13.0 Å². The molecule has 0 spiro atoms.